The number of piperidine rings is 2. The molecule has 0 spiro atoms. The standard InChI is InChI=1S/C34H62N6O9S/c1-8-12-20-34(19-11-4,21-13-9-2)39(23-14-10-3)48-50(45,46)49-40-27-17-18-28(38(25-27)31(40)43)30(42)36-35-29(41)26-16-15-22-37(24-26)32(44)47-33(5,6)7/h26-28H,8-25H2,1-7H3,(H,35,41)(H,36,42)/t26-,27?,28?/m1/s1. The van der Waals surface area contributed by atoms with E-state index in [9.17, 15) is 27.6 Å². The highest BCUT2D eigenvalue weighted by Crippen LogP contribution is 2.36. The lowest BCUT2D eigenvalue weighted by Gasteiger charge is -2.43. The summed E-state index contributed by atoms with van der Waals surface area (Å²) >= 11 is 0. The van der Waals surface area contributed by atoms with E-state index in [2.05, 4.69) is 31.6 Å². The van der Waals surface area contributed by atoms with Crippen LogP contribution in [0, 0.1) is 5.92 Å². The van der Waals surface area contributed by atoms with Crippen LogP contribution >= 0.6 is 0 Å². The number of hydrogen-bond acceptors (Lipinski definition) is 10. The predicted octanol–water partition coefficient (Wildman–Crippen LogP) is 5.18. The van der Waals surface area contributed by atoms with Crippen molar-refractivity contribution >= 4 is 34.3 Å². The second-order valence-corrected chi connectivity index (χ2v) is 16.1. The molecular weight excluding hydrogens is 668 g/mol. The van der Waals surface area contributed by atoms with Crippen LogP contribution in [0.2, 0.25) is 0 Å². The fourth-order valence-corrected chi connectivity index (χ4v) is 7.96. The van der Waals surface area contributed by atoms with Crippen LogP contribution < -0.4 is 10.9 Å². The first-order chi connectivity index (χ1) is 23.6. The van der Waals surface area contributed by atoms with Gasteiger partial charge in [-0.15, -0.1) is 4.28 Å². The van der Waals surface area contributed by atoms with E-state index in [1.165, 1.54) is 9.80 Å². The lowest BCUT2D eigenvalue weighted by atomic mass is 9.82. The van der Waals surface area contributed by atoms with Gasteiger partial charge in [-0.05, 0) is 72.1 Å². The molecule has 50 heavy (non-hydrogen) atoms. The van der Waals surface area contributed by atoms with Gasteiger partial charge in [0, 0.05) is 31.7 Å². The molecule has 2 bridgehead atoms. The summed E-state index contributed by atoms with van der Waals surface area (Å²) in [6.07, 6.45) is 9.74. The molecule has 3 aliphatic rings. The maximum Gasteiger partial charge on any atom is 0.437 e. The molecule has 0 aliphatic carbocycles. The summed E-state index contributed by atoms with van der Waals surface area (Å²) in [6.45, 7) is 14.8. The zero-order valence-electron chi connectivity index (χ0n) is 31.3. The number of amides is 5. The second kappa shape index (κ2) is 18.7. The summed E-state index contributed by atoms with van der Waals surface area (Å²) in [6, 6.07) is -2.30. The first-order valence-electron chi connectivity index (χ1n) is 18.7. The third kappa shape index (κ3) is 11.4. The van der Waals surface area contributed by atoms with E-state index in [0.717, 1.165) is 69.3 Å². The van der Waals surface area contributed by atoms with E-state index in [1.807, 2.05) is 6.92 Å². The van der Waals surface area contributed by atoms with Crippen LogP contribution in [0.4, 0.5) is 9.59 Å². The Balaban J connectivity index is 1.64. The number of hydrogen-bond donors (Lipinski definition) is 2. The Labute approximate surface area is 299 Å². The molecule has 3 aliphatic heterocycles. The van der Waals surface area contributed by atoms with Crippen molar-refractivity contribution < 1.29 is 40.9 Å². The van der Waals surface area contributed by atoms with Gasteiger partial charge in [0.25, 0.3) is 5.91 Å². The average molecular weight is 731 g/mol. The molecule has 2 N–H and O–H groups in total. The highest BCUT2D eigenvalue weighted by molar-refractivity contribution is 7.81. The number of fused-ring (bicyclic) bond motifs is 2. The Morgan fingerprint density at radius 2 is 1.50 bits per heavy atom. The van der Waals surface area contributed by atoms with E-state index in [1.54, 1.807) is 25.8 Å². The summed E-state index contributed by atoms with van der Waals surface area (Å²) < 4.78 is 43.6. The summed E-state index contributed by atoms with van der Waals surface area (Å²) in [5.74, 6) is -1.61. The molecule has 3 fully saturated rings. The number of nitrogens with zero attached hydrogens (tertiary/aromatic N) is 4. The van der Waals surface area contributed by atoms with Gasteiger partial charge in [-0.1, -0.05) is 66.2 Å². The van der Waals surface area contributed by atoms with E-state index in [4.69, 9.17) is 13.3 Å². The van der Waals surface area contributed by atoms with Gasteiger partial charge in [0.05, 0.1) is 12.0 Å². The van der Waals surface area contributed by atoms with Gasteiger partial charge in [0.2, 0.25) is 5.91 Å². The Kier molecular flexibility index (Phi) is 15.6. The molecule has 288 valence electrons. The minimum atomic E-state index is -4.70. The Morgan fingerprint density at radius 1 is 0.860 bits per heavy atom. The predicted molar refractivity (Wildman–Crippen MR) is 187 cm³/mol. The largest absolute Gasteiger partial charge is 0.444 e. The quantitative estimate of drug-likeness (QED) is 0.180. The van der Waals surface area contributed by atoms with Gasteiger partial charge in [0.1, 0.15) is 11.6 Å². The van der Waals surface area contributed by atoms with E-state index in [0.29, 0.717) is 32.4 Å². The average Bonchev–Trinajstić information content (AvgIpc) is 3.29. The molecule has 0 radical (unpaired) electrons. The zero-order chi connectivity index (χ0) is 37.1. The Morgan fingerprint density at radius 3 is 2.10 bits per heavy atom. The number of hydrazine groups is 1. The molecular formula is C34H62N6O9S. The molecule has 3 rings (SSSR count). The molecule has 2 unspecified atom stereocenters. The van der Waals surface area contributed by atoms with Gasteiger partial charge < -0.3 is 14.5 Å². The van der Waals surface area contributed by atoms with Crippen LogP contribution in [0.5, 0.6) is 0 Å². The third-order valence-corrected chi connectivity index (χ3v) is 10.4. The number of ether oxygens (including phenoxy) is 1. The second-order valence-electron chi connectivity index (χ2n) is 14.9. The summed E-state index contributed by atoms with van der Waals surface area (Å²) in [5.41, 5.74) is 3.73. The number of urea groups is 1. The van der Waals surface area contributed by atoms with Crippen molar-refractivity contribution in [3.8, 4) is 0 Å². The van der Waals surface area contributed by atoms with Crippen LogP contribution in [-0.4, -0.2) is 102 Å². The molecule has 3 atom stereocenters. The number of rotatable bonds is 18. The molecule has 5 amide bonds. The van der Waals surface area contributed by atoms with Crippen LogP contribution in [0.3, 0.4) is 0 Å². The SMILES string of the molecule is CCCCN(OS(=O)(=O)ON1C(=O)N2CC1CCC2C(=O)NNC(=O)[C@@H]1CCCN(C(=O)OC(C)(C)C)C1)C(CCC)(CCCC)CCCC. The summed E-state index contributed by atoms with van der Waals surface area (Å²) in [4.78, 5) is 54.9. The topological polar surface area (TPSA) is 167 Å². The number of nitrogens with one attached hydrogen (secondary N) is 2. The monoisotopic (exact) mass is 730 g/mol. The zero-order valence-corrected chi connectivity index (χ0v) is 32.1. The molecule has 3 heterocycles. The normalized spacial score (nSPS) is 21.5. The smallest absolute Gasteiger partial charge is 0.437 e. The van der Waals surface area contributed by atoms with Crippen molar-refractivity contribution in [3.05, 3.63) is 0 Å². The van der Waals surface area contributed by atoms with Gasteiger partial charge in [-0.2, -0.15) is 22.8 Å². The molecule has 16 heteroatoms. The number of hydroxylamine groups is 4. The van der Waals surface area contributed by atoms with Crippen molar-refractivity contribution in [3.63, 3.8) is 0 Å². The number of likely N-dealkylation sites (tertiary alicyclic amines) is 1. The maximum absolute atomic E-state index is 13.5. The van der Waals surface area contributed by atoms with Gasteiger partial charge in [-0.3, -0.25) is 20.4 Å². The Hall–Kier alpha value is -2.69. The lowest BCUT2D eigenvalue weighted by molar-refractivity contribution is -0.172. The molecule has 0 aromatic carbocycles. The van der Waals surface area contributed by atoms with Crippen molar-refractivity contribution in [2.45, 2.75) is 162 Å². The number of unbranched alkanes of at least 4 members (excludes halogenated alkanes) is 3. The van der Waals surface area contributed by atoms with Gasteiger partial charge in [-0.25, -0.2) is 9.59 Å². The van der Waals surface area contributed by atoms with E-state index < -0.39 is 63.5 Å². The first-order valence-corrected chi connectivity index (χ1v) is 20.0. The van der Waals surface area contributed by atoms with Crippen molar-refractivity contribution in [1.82, 2.24) is 30.8 Å². The van der Waals surface area contributed by atoms with Crippen molar-refractivity contribution in [1.29, 1.82) is 0 Å². The molecule has 0 saturated carbocycles. The van der Waals surface area contributed by atoms with E-state index in [-0.39, 0.29) is 19.5 Å². The van der Waals surface area contributed by atoms with Gasteiger partial charge >= 0.3 is 22.5 Å². The van der Waals surface area contributed by atoms with Crippen LogP contribution in [0.1, 0.15) is 138 Å². The molecule has 0 aromatic rings. The van der Waals surface area contributed by atoms with Crippen LogP contribution in [-0.2, 0) is 33.3 Å². The molecule has 15 nitrogen and oxygen atoms in total. The van der Waals surface area contributed by atoms with Crippen LogP contribution in [0.25, 0.3) is 0 Å². The highest BCUT2D eigenvalue weighted by Gasteiger charge is 2.50. The summed E-state index contributed by atoms with van der Waals surface area (Å²) in [7, 11) is -4.70. The molecule has 0 aromatic heterocycles. The minimum absolute atomic E-state index is 0.0835. The minimum Gasteiger partial charge on any atom is -0.444 e. The van der Waals surface area contributed by atoms with Crippen molar-refractivity contribution in [2.24, 2.45) is 5.92 Å². The third-order valence-electron chi connectivity index (χ3n) is 9.68. The van der Waals surface area contributed by atoms with Crippen molar-refractivity contribution in [2.75, 3.05) is 26.2 Å². The Bertz CT molecular complexity index is 1250. The lowest BCUT2D eigenvalue weighted by Crippen LogP contribution is -2.56. The van der Waals surface area contributed by atoms with Gasteiger partial charge in [0.15, 0.2) is 0 Å². The highest BCUT2D eigenvalue weighted by atomic mass is 32.3. The number of carbonyl (C=O) groups excluding carboxylic acids is 4. The molecule has 3 saturated heterocycles. The fourth-order valence-electron chi connectivity index (χ4n) is 7.10. The first kappa shape index (κ1) is 41.7. The fraction of sp³-hybridized carbons (Fsp3) is 0.882. The van der Waals surface area contributed by atoms with E-state index >= 15 is 0 Å². The number of carbonyl (C=O) groups is 4. The van der Waals surface area contributed by atoms with Crippen LogP contribution in [0.15, 0.2) is 0 Å². The maximum atomic E-state index is 13.5. The summed E-state index contributed by atoms with van der Waals surface area (Å²) in [5, 5.41) is 2.41.